The first kappa shape index (κ1) is 23.2. The maximum atomic E-state index is 11.1. The van der Waals surface area contributed by atoms with Crippen LogP contribution in [0, 0.1) is 0 Å². The van der Waals surface area contributed by atoms with Gasteiger partial charge in [0.25, 0.3) is 0 Å². The summed E-state index contributed by atoms with van der Waals surface area (Å²) in [5.74, 6) is -0.0926. The highest BCUT2D eigenvalue weighted by Gasteiger charge is 2.45. The van der Waals surface area contributed by atoms with Crippen molar-refractivity contribution in [1.29, 1.82) is 0 Å². The molecule has 0 saturated carbocycles. The Morgan fingerprint density at radius 1 is 0.968 bits per heavy atom. The van der Waals surface area contributed by atoms with Crippen molar-refractivity contribution in [2.45, 2.75) is 50.5 Å². The number of hydrogen-bond donors (Lipinski definition) is 4. The highest BCUT2D eigenvalue weighted by Crippen LogP contribution is 2.28. The van der Waals surface area contributed by atoms with Gasteiger partial charge in [-0.3, -0.25) is 4.79 Å². The number of aliphatic hydroxyl groups is 4. The quantitative estimate of drug-likeness (QED) is 0.446. The van der Waals surface area contributed by atoms with Crippen molar-refractivity contribution in [2.75, 3.05) is 13.2 Å². The van der Waals surface area contributed by atoms with E-state index in [1.807, 2.05) is 36.4 Å². The van der Waals surface area contributed by atoms with Crippen molar-refractivity contribution in [3.05, 3.63) is 65.2 Å². The number of ether oxygens (including phenoxy) is 3. The first-order valence-corrected chi connectivity index (χ1v) is 10.1. The average Bonchev–Trinajstić information content (AvgIpc) is 2.76. The van der Waals surface area contributed by atoms with Gasteiger partial charge in [-0.2, -0.15) is 0 Å². The van der Waals surface area contributed by atoms with Crippen molar-refractivity contribution in [1.82, 2.24) is 0 Å². The molecule has 5 atom stereocenters. The van der Waals surface area contributed by atoms with Gasteiger partial charge < -0.3 is 34.6 Å². The monoisotopic (exact) mass is 432 g/mol. The number of carbonyl (C=O) groups is 1. The lowest BCUT2D eigenvalue weighted by atomic mass is 9.99. The molecule has 2 aromatic rings. The zero-order valence-corrected chi connectivity index (χ0v) is 17.3. The summed E-state index contributed by atoms with van der Waals surface area (Å²) in [6, 6.07) is 15.1. The normalized spacial score (nSPS) is 25.8. The summed E-state index contributed by atoms with van der Waals surface area (Å²) in [6.45, 7) is 1.04. The number of carbonyl (C=O) groups excluding carboxylic acids is 1. The molecule has 0 aliphatic carbocycles. The fourth-order valence-corrected chi connectivity index (χ4v) is 3.41. The summed E-state index contributed by atoms with van der Waals surface area (Å²) in [4.78, 5) is 11.1. The van der Waals surface area contributed by atoms with Gasteiger partial charge >= 0.3 is 5.97 Å². The van der Waals surface area contributed by atoms with E-state index in [-0.39, 0.29) is 13.2 Å². The molecule has 1 fully saturated rings. The summed E-state index contributed by atoms with van der Waals surface area (Å²) in [6.07, 6.45) is -5.59. The molecule has 8 heteroatoms. The van der Waals surface area contributed by atoms with Crippen LogP contribution in [0.25, 0.3) is 0 Å². The van der Waals surface area contributed by atoms with E-state index in [0.717, 1.165) is 16.7 Å². The van der Waals surface area contributed by atoms with Gasteiger partial charge in [0.1, 0.15) is 36.8 Å². The molecule has 31 heavy (non-hydrogen) atoms. The van der Waals surface area contributed by atoms with Crippen molar-refractivity contribution in [2.24, 2.45) is 0 Å². The molecule has 0 unspecified atom stereocenters. The maximum absolute atomic E-state index is 11.1. The predicted octanol–water partition coefficient (Wildman–Crippen LogP) is 0.562. The Hall–Kier alpha value is -2.49. The highest BCUT2D eigenvalue weighted by molar-refractivity contribution is 5.65. The predicted molar refractivity (Wildman–Crippen MR) is 110 cm³/mol. The first-order valence-electron chi connectivity index (χ1n) is 10.1. The molecule has 2 aromatic carbocycles. The molecule has 0 aromatic heterocycles. The molecule has 0 bridgehead atoms. The van der Waals surface area contributed by atoms with Crippen LogP contribution in [0.4, 0.5) is 0 Å². The molecule has 168 valence electrons. The Morgan fingerprint density at radius 3 is 2.32 bits per heavy atom. The van der Waals surface area contributed by atoms with Crippen molar-refractivity contribution < 1.29 is 39.4 Å². The third-order valence-corrected chi connectivity index (χ3v) is 5.15. The lowest BCUT2D eigenvalue weighted by Crippen LogP contribution is -2.60. The average molecular weight is 432 g/mol. The second-order valence-corrected chi connectivity index (χ2v) is 7.51. The zero-order chi connectivity index (χ0) is 22.4. The van der Waals surface area contributed by atoms with E-state index in [1.54, 1.807) is 12.1 Å². The number of para-hydroxylation sites is 1. The van der Waals surface area contributed by atoms with Crippen LogP contribution in [0.1, 0.15) is 23.6 Å². The van der Waals surface area contributed by atoms with E-state index >= 15 is 0 Å². The number of benzene rings is 2. The van der Waals surface area contributed by atoms with Crippen LogP contribution in [0.2, 0.25) is 0 Å². The fraction of sp³-hybridized carbons (Fsp3) is 0.435. The molecule has 1 aliphatic heterocycles. The van der Waals surface area contributed by atoms with E-state index in [9.17, 15) is 20.1 Å². The van der Waals surface area contributed by atoms with Gasteiger partial charge in [-0.05, 0) is 29.2 Å². The van der Waals surface area contributed by atoms with E-state index in [1.165, 1.54) is 6.92 Å². The maximum Gasteiger partial charge on any atom is 0.302 e. The van der Waals surface area contributed by atoms with Gasteiger partial charge in [0.15, 0.2) is 0 Å². The Balaban J connectivity index is 1.73. The summed E-state index contributed by atoms with van der Waals surface area (Å²) >= 11 is 0. The summed E-state index contributed by atoms with van der Waals surface area (Å²) in [5.41, 5.74) is 2.91. The Labute approximate surface area is 180 Å². The van der Waals surface area contributed by atoms with Crippen LogP contribution in [0.3, 0.4) is 0 Å². The molecule has 8 nitrogen and oxygen atoms in total. The van der Waals surface area contributed by atoms with E-state index in [4.69, 9.17) is 19.3 Å². The van der Waals surface area contributed by atoms with Crippen LogP contribution in [-0.2, 0) is 27.1 Å². The Bertz CT molecular complexity index is 853. The lowest BCUT2D eigenvalue weighted by molar-refractivity contribution is -0.278. The lowest BCUT2D eigenvalue weighted by Gasteiger charge is -2.40. The molecule has 0 spiro atoms. The van der Waals surface area contributed by atoms with Crippen LogP contribution in [0.15, 0.2) is 48.5 Å². The Morgan fingerprint density at radius 2 is 1.65 bits per heavy atom. The third-order valence-electron chi connectivity index (χ3n) is 5.15. The van der Waals surface area contributed by atoms with Crippen molar-refractivity contribution in [3.8, 4) is 5.75 Å². The molecule has 4 N–H and O–H groups in total. The molecule has 0 radical (unpaired) electrons. The van der Waals surface area contributed by atoms with Gasteiger partial charge in [-0.1, -0.05) is 42.5 Å². The molecule has 1 saturated heterocycles. The minimum atomic E-state index is -1.52. The SMILES string of the molecule is CC(=O)OC[C@H]1O[C@@H](Oc2ccccc2Cc2ccc(CCO)cc2)[C@H](O)[C@@H](O)[C@@H]1O. The largest absolute Gasteiger partial charge is 0.463 e. The van der Waals surface area contributed by atoms with Crippen LogP contribution in [0.5, 0.6) is 5.75 Å². The van der Waals surface area contributed by atoms with Gasteiger partial charge in [0, 0.05) is 20.0 Å². The number of esters is 1. The van der Waals surface area contributed by atoms with Crippen LogP contribution >= 0.6 is 0 Å². The van der Waals surface area contributed by atoms with Crippen molar-refractivity contribution >= 4 is 5.97 Å². The molecular weight excluding hydrogens is 404 g/mol. The number of rotatable bonds is 8. The number of aliphatic hydroxyl groups excluding tert-OH is 4. The summed E-state index contributed by atoms with van der Waals surface area (Å²) in [5, 5.41) is 39.7. The molecule has 1 aliphatic rings. The van der Waals surface area contributed by atoms with Crippen LogP contribution in [-0.4, -0.2) is 70.3 Å². The summed E-state index contributed by atoms with van der Waals surface area (Å²) < 4.78 is 16.3. The van der Waals surface area contributed by atoms with Gasteiger partial charge in [-0.25, -0.2) is 0 Å². The van der Waals surface area contributed by atoms with E-state index in [0.29, 0.717) is 18.6 Å². The number of hydrogen-bond acceptors (Lipinski definition) is 8. The second-order valence-electron chi connectivity index (χ2n) is 7.51. The highest BCUT2D eigenvalue weighted by atomic mass is 16.7. The molecular formula is C23H28O8. The van der Waals surface area contributed by atoms with Gasteiger partial charge in [-0.15, -0.1) is 0 Å². The fourth-order valence-electron chi connectivity index (χ4n) is 3.41. The first-order chi connectivity index (χ1) is 14.9. The van der Waals surface area contributed by atoms with Gasteiger partial charge in [0.05, 0.1) is 0 Å². The third kappa shape index (κ3) is 6.03. The zero-order valence-electron chi connectivity index (χ0n) is 17.3. The topological polar surface area (TPSA) is 126 Å². The Kier molecular flexibility index (Phi) is 8.00. The standard InChI is InChI=1S/C23H28O8/c1-14(25)29-13-19-20(26)21(27)22(28)23(31-19)30-18-5-3-2-4-17(18)12-16-8-6-15(7-9-16)10-11-24/h2-9,19-24,26-28H,10-13H2,1H3/t19-,20-,21+,22-,23-/m1/s1. The van der Waals surface area contributed by atoms with Crippen molar-refractivity contribution in [3.63, 3.8) is 0 Å². The molecule has 3 rings (SSSR count). The minimum absolute atomic E-state index is 0.0960. The molecule has 0 amide bonds. The van der Waals surface area contributed by atoms with Crippen LogP contribution < -0.4 is 4.74 Å². The van der Waals surface area contributed by atoms with E-state index < -0.39 is 36.7 Å². The molecule has 1 heterocycles. The minimum Gasteiger partial charge on any atom is -0.463 e. The van der Waals surface area contributed by atoms with E-state index in [2.05, 4.69) is 0 Å². The van der Waals surface area contributed by atoms with Gasteiger partial charge in [0.2, 0.25) is 6.29 Å². The summed E-state index contributed by atoms with van der Waals surface area (Å²) in [7, 11) is 0. The smallest absolute Gasteiger partial charge is 0.302 e. The second kappa shape index (κ2) is 10.7.